The van der Waals surface area contributed by atoms with Gasteiger partial charge in [-0.2, -0.15) is 0 Å². The highest BCUT2D eigenvalue weighted by Crippen LogP contribution is 2.43. The minimum Gasteiger partial charge on any atom is -0.391 e. The maximum absolute atomic E-state index is 13.0. The monoisotopic (exact) mass is 930 g/mol. The standard InChI is InChI=1S/C55H113N2O6P/c1-6-8-10-12-14-16-18-20-22-24-26-28-30-32-34-36-38-40-42-44-46-48-54(58)53(52-63-64(60,61)62-51-50-57(3,4)5)56-55(59)49-47-45-43-41-39-37-35-33-31-29-27-25-23-21-19-17-15-13-11-9-7-2/h53-54,58H,6-52H2,1-5H3,(H-,56,59,60,61)/p+1. The predicted molar refractivity (Wildman–Crippen MR) is 277 cm³/mol. The van der Waals surface area contributed by atoms with Gasteiger partial charge in [-0.15, -0.1) is 0 Å². The van der Waals surface area contributed by atoms with E-state index >= 15 is 0 Å². The van der Waals surface area contributed by atoms with Crippen molar-refractivity contribution in [1.29, 1.82) is 0 Å². The van der Waals surface area contributed by atoms with Gasteiger partial charge in [0.05, 0.1) is 39.9 Å². The number of aliphatic hydroxyl groups excluding tert-OH is 1. The summed E-state index contributed by atoms with van der Waals surface area (Å²) in [6.07, 6.45) is 55.8. The topological polar surface area (TPSA) is 105 Å². The fraction of sp³-hybridized carbons (Fsp3) is 0.982. The first kappa shape index (κ1) is 63.5. The van der Waals surface area contributed by atoms with E-state index in [1.54, 1.807) is 0 Å². The minimum absolute atomic E-state index is 0.0791. The Morgan fingerprint density at radius 1 is 0.469 bits per heavy atom. The molecule has 0 aliphatic carbocycles. The Morgan fingerprint density at radius 3 is 1.05 bits per heavy atom. The van der Waals surface area contributed by atoms with Crippen LogP contribution in [0.1, 0.15) is 296 Å². The number of carbonyl (C=O) groups is 1. The van der Waals surface area contributed by atoms with Gasteiger partial charge in [-0.25, -0.2) is 4.57 Å². The van der Waals surface area contributed by atoms with Gasteiger partial charge in [-0.1, -0.05) is 277 Å². The maximum Gasteiger partial charge on any atom is 0.472 e. The number of hydrogen-bond donors (Lipinski definition) is 3. The molecule has 64 heavy (non-hydrogen) atoms. The third-order valence-corrected chi connectivity index (χ3v) is 14.3. The first-order valence-corrected chi connectivity index (χ1v) is 29.9. The lowest BCUT2D eigenvalue weighted by molar-refractivity contribution is -0.870. The fourth-order valence-corrected chi connectivity index (χ4v) is 9.61. The average Bonchev–Trinajstić information content (AvgIpc) is 3.25. The van der Waals surface area contributed by atoms with E-state index in [1.165, 1.54) is 231 Å². The van der Waals surface area contributed by atoms with E-state index in [9.17, 15) is 19.4 Å². The number of quaternary nitrogens is 1. The summed E-state index contributed by atoms with van der Waals surface area (Å²) >= 11 is 0. The van der Waals surface area contributed by atoms with E-state index in [-0.39, 0.29) is 19.1 Å². The molecule has 0 aliphatic rings. The van der Waals surface area contributed by atoms with Crippen molar-refractivity contribution in [2.75, 3.05) is 40.9 Å². The molecule has 8 nitrogen and oxygen atoms in total. The lowest BCUT2D eigenvalue weighted by Gasteiger charge is -2.26. The summed E-state index contributed by atoms with van der Waals surface area (Å²) in [4.78, 5) is 23.3. The molecule has 0 aliphatic heterocycles. The summed E-state index contributed by atoms with van der Waals surface area (Å²) < 4.78 is 23.8. The summed E-state index contributed by atoms with van der Waals surface area (Å²) in [7, 11) is 1.64. The van der Waals surface area contributed by atoms with Crippen molar-refractivity contribution < 1.29 is 32.9 Å². The lowest BCUT2D eigenvalue weighted by Crippen LogP contribution is -2.46. The first-order chi connectivity index (χ1) is 31.0. The van der Waals surface area contributed by atoms with Crippen molar-refractivity contribution in [2.45, 2.75) is 309 Å². The van der Waals surface area contributed by atoms with Gasteiger partial charge in [-0.3, -0.25) is 13.8 Å². The molecule has 0 aromatic rings. The number of carbonyl (C=O) groups excluding carboxylic acids is 1. The van der Waals surface area contributed by atoms with Gasteiger partial charge in [0.25, 0.3) is 0 Å². The minimum atomic E-state index is -4.32. The van der Waals surface area contributed by atoms with E-state index < -0.39 is 20.0 Å². The number of hydrogen-bond acceptors (Lipinski definition) is 5. The van der Waals surface area contributed by atoms with Crippen LogP contribution < -0.4 is 5.32 Å². The number of aliphatic hydroxyl groups is 1. The van der Waals surface area contributed by atoms with Crippen LogP contribution in [-0.4, -0.2) is 73.4 Å². The molecule has 0 spiro atoms. The Bertz CT molecular complexity index is 1010. The molecule has 0 heterocycles. The quantitative estimate of drug-likeness (QED) is 0.0319. The number of nitrogens with one attached hydrogen (secondary N) is 1. The van der Waals surface area contributed by atoms with Gasteiger partial charge in [0.15, 0.2) is 0 Å². The highest BCUT2D eigenvalue weighted by atomic mass is 31.2. The summed E-state index contributed by atoms with van der Waals surface area (Å²) in [5.74, 6) is -0.136. The van der Waals surface area contributed by atoms with Crippen molar-refractivity contribution in [3.63, 3.8) is 0 Å². The number of phosphoric acid groups is 1. The van der Waals surface area contributed by atoms with Gasteiger partial charge in [0.2, 0.25) is 5.91 Å². The van der Waals surface area contributed by atoms with Gasteiger partial charge in [-0.05, 0) is 12.8 Å². The molecule has 9 heteroatoms. The van der Waals surface area contributed by atoms with Gasteiger partial charge in [0.1, 0.15) is 13.2 Å². The number of unbranched alkanes of at least 4 members (excludes halogenated alkanes) is 40. The van der Waals surface area contributed by atoms with Crippen molar-refractivity contribution in [3.8, 4) is 0 Å². The molecular weight excluding hydrogens is 816 g/mol. The molecule has 0 rings (SSSR count). The molecule has 0 aromatic carbocycles. The van der Waals surface area contributed by atoms with Gasteiger partial charge in [0, 0.05) is 6.42 Å². The van der Waals surface area contributed by atoms with E-state index in [1.807, 2.05) is 21.1 Å². The highest BCUT2D eigenvalue weighted by Gasteiger charge is 2.28. The average molecular weight is 930 g/mol. The van der Waals surface area contributed by atoms with E-state index in [0.717, 1.165) is 38.5 Å². The van der Waals surface area contributed by atoms with E-state index in [4.69, 9.17) is 9.05 Å². The van der Waals surface area contributed by atoms with Crippen LogP contribution in [0.2, 0.25) is 0 Å². The van der Waals surface area contributed by atoms with Crippen LogP contribution >= 0.6 is 7.82 Å². The third-order valence-electron chi connectivity index (χ3n) is 13.4. The molecule has 384 valence electrons. The van der Waals surface area contributed by atoms with Crippen LogP contribution in [0.4, 0.5) is 0 Å². The second kappa shape index (κ2) is 47.6. The number of rotatable bonds is 53. The molecule has 1 amide bonds. The molecule has 0 radical (unpaired) electrons. The lowest BCUT2D eigenvalue weighted by atomic mass is 10.0. The summed E-state index contributed by atoms with van der Waals surface area (Å²) in [5.41, 5.74) is 0. The molecule has 0 bridgehead atoms. The number of phosphoric ester groups is 1. The van der Waals surface area contributed by atoms with Crippen LogP contribution in [0, 0.1) is 0 Å². The van der Waals surface area contributed by atoms with Crippen LogP contribution in [0.3, 0.4) is 0 Å². The van der Waals surface area contributed by atoms with E-state index in [0.29, 0.717) is 23.9 Å². The number of amides is 1. The second-order valence-corrected chi connectivity index (χ2v) is 22.5. The molecule has 0 fully saturated rings. The summed E-state index contributed by atoms with van der Waals surface area (Å²) in [5, 5.41) is 14.1. The first-order valence-electron chi connectivity index (χ1n) is 28.4. The predicted octanol–water partition coefficient (Wildman–Crippen LogP) is 16.9. The Labute approximate surface area is 399 Å². The summed E-state index contributed by atoms with van der Waals surface area (Å²) in [6.45, 7) is 4.95. The molecule has 0 saturated carbocycles. The van der Waals surface area contributed by atoms with Crippen LogP contribution in [0.5, 0.6) is 0 Å². The maximum atomic E-state index is 13.0. The molecule has 3 unspecified atom stereocenters. The highest BCUT2D eigenvalue weighted by molar-refractivity contribution is 7.47. The van der Waals surface area contributed by atoms with Crippen LogP contribution in [0.25, 0.3) is 0 Å². The molecule has 0 aromatic heterocycles. The van der Waals surface area contributed by atoms with Crippen molar-refractivity contribution in [2.24, 2.45) is 0 Å². The molecule has 3 atom stereocenters. The second-order valence-electron chi connectivity index (χ2n) is 21.0. The number of likely N-dealkylation sites (N-methyl/N-ethyl adjacent to an activating group) is 1. The zero-order chi connectivity index (χ0) is 47.1. The Hall–Kier alpha value is -0.500. The van der Waals surface area contributed by atoms with Gasteiger partial charge < -0.3 is 19.8 Å². The third kappa shape index (κ3) is 49.4. The Kier molecular flexibility index (Phi) is 47.2. The zero-order valence-electron chi connectivity index (χ0n) is 43.8. The smallest absolute Gasteiger partial charge is 0.391 e. The van der Waals surface area contributed by atoms with Crippen molar-refractivity contribution in [3.05, 3.63) is 0 Å². The Morgan fingerprint density at radius 2 is 0.750 bits per heavy atom. The molecule has 0 saturated heterocycles. The number of nitrogens with zero attached hydrogens (tertiary/aromatic N) is 1. The van der Waals surface area contributed by atoms with Crippen molar-refractivity contribution in [1.82, 2.24) is 5.32 Å². The van der Waals surface area contributed by atoms with Crippen LogP contribution in [-0.2, 0) is 18.4 Å². The molecular formula is C55H114N2O6P+. The summed E-state index contributed by atoms with van der Waals surface area (Å²) in [6, 6.07) is -0.755. The van der Waals surface area contributed by atoms with Gasteiger partial charge >= 0.3 is 7.82 Å². The molecule has 3 N–H and O–H groups in total. The Balaban J connectivity index is 4.15. The fourth-order valence-electron chi connectivity index (χ4n) is 8.87. The largest absolute Gasteiger partial charge is 0.472 e. The normalized spacial score (nSPS) is 13.9. The SMILES string of the molecule is CCCCCCCCCCCCCCCCCCCCCCCC(=O)NC(COP(=O)(O)OCC[N+](C)(C)C)C(O)CCCCCCCCCCCCCCCCCCCCCCC. The zero-order valence-corrected chi connectivity index (χ0v) is 44.7. The van der Waals surface area contributed by atoms with Crippen molar-refractivity contribution >= 4 is 13.7 Å². The van der Waals surface area contributed by atoms with Crippen LogP contribution in [0.15, 0.2) is 0 Å². The van der Waals surface area contributed by atoms with E-state index in [2.05, 4.69) is 19.2 Å².